The van der Waals surface area contributed by atoms with E-state index in [4.69, 9.17) is 13.9 Å². The Morgan fingerprint density at radius 2 is 1.89 bits per heavy atom. The number of Topliss-reactive ketones (excluding diaryl/α,β-unsaturated/α-hetero) is 1. The topological polar surface area (TPSA) is 98.1 Å². The van der Waals surface area contributed by atoms with Crippen molar-refractivity contribution in [3.05, 3.63) is 77.2 Å². The second kappa shape index (κ2) is 9.66. The largest absolute Gasteiger partial charge is 0.485 e. The molecule has 0 saturated heterocycles. The maximum Gasteiger partial charge on any atom is 0.287 e. The molecule has 35 heavy (non-hydrogen) atoms. The van der Waals surface area contributed by atoms with Crippen LogP contribution in [0.1, 0.15) is 45.1 Å². The summed E-state index contributed by atoms with van der Waals surface area (Å²) in [6.45, 7) is 2.49. The molecule has 2 aliphatic rings. The SMILES string of the molecule is Cc1ccc(OCC(=O)c2ccc3c(c2)N(Cc2ccc(C(=O)NCC4CC4)o2)C(=O)CO3)cc1. The highest BCUT2D eigenvalue weighted by molar-refractivity contribution is 6.02. The van der Waals surface area contributed by atoms with Gasteiger partial charge in [0, 0.05) is 12.1 Å². The lowest BCUT2D eigenvalue weighted by Crippen LogP contribution is -2.38. The van der Waals surface area contributed by atoms with E-state index in [9.17, 15) is 14.4 Å². The number of benzene rings is 2. The van der Waals surface area contributed by atoms with Gasteiger partial charge in [-0.15, -0.1) is 0 Å². The summed E-state index contributed by atoms with van der Waals surface area (Å²) in [6.07, 6.45) is 2.29. The van der Waals surface area contributed by atoms with Crippen LogP contribution in [0.15, 0.2) is 59.0 Å². The Bertz CT molecular complexity index is 1260. The maximum atomic E-state index is 12.8. The maximum absolute atomic E-state index is 12.8. The van der Waals surface area contributed by atoms with Gasteiger partial charge < -0.3 is 19.2 Å². The number of aryl methyl sites for hydroxylation is 1. The van der Waals surface area contributed by atoms with E-state index in [0.29, 0.717) is 41.0 Å². The minimum Gasteiger partial charge on any atom is -0.485 e. The Morgan fingerprint density at radius 1 is 1.09 bits per heavy atom. The first-order valence-corrected chi connectivity index (χ1v) is 11.6. The van der Waals surface area contributed by atoms with E-state index in [1.54, 1.807) is 30.3 Å². The van der Waals surface area contributed by atoms with Crippen molar-refractivity contribution in [3.63, 3.8) is 0 Å². The summed E-state index contributed by atoms with van der Waals surface area (Å²) in [5.74, 6) is 1.58. The van der Waals surface area contributed by atoms with Crippen molar-refractivity contribution in [1.82, 2.24) is 5.32 Å². The highest BCUT2D eigenvalue weighted by atomic mass is 16.5. The van der Waals surface area contributed by atoms with Gasteiger partial charge in [0.25, 0.3) is 11.8 Å². The molecule has 0 radical (unpaired) electrons. The number of nitrogens with one attached hydrogen (secondary N) is 1. The molecule has 2 aromatic carbocycles. The molecule has 3 aromatic rings. The van der Waals surface area contributed by atoms with Gasteiger partial charge in [-0.25, -0.2) is 0 Å². The standard InChI is InChI=1S/C27H26N2O6/c1-17-2-7-20(8-3-17)33-15-23(30)19-6-10-24-22(12-19)29(26(31)16-34-24)14-21-9-11-25(35-21)27(32)28-13-18-4-5-18/h2-3,6-12,18H,4-5,13-16H2,1H3,(H,28,32). The molecule has 5 rings (SSSR count). The van der Waals surface area contributed by atoms with E-state index in [1.165, 1.54) is 4.90 Å². The molecule has 1 aliphatic carbocycles. The summed E-state index contributed by atoms with van der Waals surface area (Å²) in [5.41, 5.74) is 1.98. The average molecular weight is 475 g/mol. The van der Waals surface area contributed by atoms with Crippen LogP contribution in [0.5, 0.6) is 11.5 Å². The van der Waals surface area contributed by atoms with E-state index in [0.717, 1.165) is 18.4 Å². The van der Waals surface area contributed by atoms with Crippen molar-refractivity contribution in [2.24, 2.45) is 5.92 Å². The fourth-order valence-electron chi connectivity index (χ4n) is 3.80. The average Bonchev–Trinajstić information content (AvgIpc) is 3.59. The van der Waals surface area contributed by atoms with Gasteiger partial charge in [-0.05, 0) is 68.1 Å². The van der Waals surface area contributed by atoms with Crippen molar-refractivity contribution in [2.45, 2.75) is 26.3 Å². The van der Waals surface area contributed by atoms with Crippen LogP contribution in [0.4, 0.5) is 5.69 Å². The first kappa shape index (κ1) is 22.7. The minimum atomic E-state index is -0.269. The van der Waals surface area contributed by atoms with E-state index in [2.05, 4.69) is 5.32 Å². The quantitative estimate of drug-likeness (QED) is 0.472. The third-order valence-corrected chi connectivity index (χ3v) is 6.06. The lowest BCUT2D eigenvalue weighted by Gasteiger charge is -2.29. The van der Waals surface area contributed by atoms with Crippen LogP contribution < -0.4 is 19.7 Å². The molecule has 8 nitrogen and oxygen atoms in total. The Balaban J connectivity index is 1.28. The molecule has 2 heterocycles. The molecule has 180 valence electrons. The number of rotatable bonds is 9. The van der Waals surface area contributed by atoms with Crippen LogP contribution in [0.3, 0.4) is 0 Å². The van der Waals surface area contributed by atoms with Gasteiger partial charge in [-0.2, -0.15) is 0 Å². The van der Waals surface area contributed by atoms with Crippen LogP contribution in [0.25, 0.3) is 0 Å². The number of ether oxygens (including phenoxy) is 2. The van der Waals surface area contributed by atoms with Crippen molar-refractivity contribution in [2.75, 3.05) is 24.7 Å². The molecule has 1 aromatic heterocycles. The Morgan fingerprint density at radius 3 is 2.66 bits per heavy atom. The monoisotopic (exact) mass is 474 g/mol. The highest BCUT2D eigenvalue weighted by Crippen LogP contribution is 2.34. The molecule has 1 saturated carbocycles. The Labute approximate surface area is 202 Å². The number of fused-ring (bicyclic) bond motifs is 1. The van der Waals surface area contributed by atoms with Gasteiger partial charge in [-0.1, -0.05) is 17.7 Å². The predicted molar refractivity (Wildman–Crippen MR) is 128 cm³/mol. The van der Waals surface area contributed by atoms with Crippen molar-refractivity contribution in [1.29, 1.82) is 0 Å². The smallest absolute Gasteiger partial charge is 0.287 e. The number of carbonyl (C=O) groups is 3. The number of amides is 2. The minimum absolute atomic E-state index is 0.114. The summed E-state index contributed by atoms with van der Waals surface area (Å²) in [4.78, 5) is 39.2. The molecular formula is C27H26N2O6. The lowest BCUT2D eigenvalue weighted by molar-refractivity contribution is -0.121. The fraction of sp³-hybridized carbons (Fsp3) is 0.296. The fourth-order valence-corrected chi connectivity index (χ4v) is 3.80. The number of furan rings is 1. The van der Waals surface area contributed by atoms with Gasteiger partial charge in [-0.3, -0.25) is 19.3 Å². The van der Waals surface area contributed by atoms with Gasteiger partial charge in [0.1, 0.15) is 17.3 Å². The zero-order chi connectivity index (χ0) is 24.4. The van der Waals surface area contributed by atoms with E-state index < -0.39 is 0 Å². The zero-order valence-corrected chi connectivity index (χ0v) is 19.4. The predicted octanol–water partition coefficient (Wildman–Crippen LogP) is 3.92. The molecule has 0 atom stereocenters. The van der Waals surface area contributed by atoms with E-state index >= 15 is 0 Å². The highest BCUT2D eigenvalue weighted by Gasteiger charge is 2.28. The second-order valence-corrected chi connectivity index (χ2v) is 8.90. The summed E-state index contributed by atoms with van der Waals surface area (Å²) in [5, 5.41) is 2.87. The summed E-state index contributed by atoms with van der Waals surface area (Å²) >= 11 is 0. The molecule has 2 amide bonds. The lowest BCUT2D eigenvalue weighted by atomic mass is 10.1. The number of nitrogens with zero attached hydrogens (tertiary/aromatic N) is 1. The van der Waals surface area contributed by atoms with E-state index in [-0.39, 0.29) is 43.1 Å². The molecular weight excluding hydrogens is 448 g/mol. The van der Waals surface area contributed by atoms with Gasteiger partial charge in [0.05, 0.1) is 12.2 Å². The zero-order valence-electron chi connectivity index (χ0n) is 19.4. The molecule has 1 fully saturated rings. The van der Waals surface area contributed by atoms with Crippen LogP contribution >= 0.6 is 0 Å². The van der Waals surface area contributed by atoms with Gasteiger partial charge in [0.2, 0.25) is 0 Å². The van der Waals surface area contributed by atoms with Crippen LogP contribution in [-0.2, 0) is 11.3 Å². The number of carbonyl (C=O) groups excluding carboxylic acids is 3. The molecule has 1 aliphatic heterocycles. The van der Waals surface area contributed by atoms with Crippen molar-refractivity contribution in [3.8, 4) is 11.5 Å². The number of anilines is 1. The summed E-state index contributed by atoms with van der Waals surface area (Å²) in [6, 6.07) is 15.7. The first-order valence-electron chi connectivity index (χ1n) is 11.6. The van der Waals surface area contributed by atoms with Crippen LogP contribution in [-0.4, -0.2) is 37.4 Å². The summed E-state index contributed by atoms with van der Waals surface area (Å²) in [7, 11) is 0. The molecule has 8 heteroatoms. The van der Waals surface area contributed by atoms with Crippen molar-refractivity contribution < 1.29 is 28.3 Å². The normalized spacial score (nSPS) is 14.8. The third kappa shape index (κ3) is 5.37. The van der Waals surface area contributed by atoms with Crippen molar-refractivity contribution >= 4 is 23.3 Å². The number of hydrogen-bond donors (Lipinski definition) is 1. The number of ketones is 1. The van der Waals surface area contributed by atoms with Gasteiger partial charge in [0.15, 0.2) is 24.8 Å². The Kier molecular flexibility index (Phi) is 6.27. The Hall–Kier alpha value is -4.07. The van der Waals surface area contributed by atoms with Crippen LogP contribution in [0.2, 0.25) is 0 Å². The van der Waals surface area contributed by atoms with Crippen LogP contribution in [0, 0.1) is 12.8 Å². The molecule has 0 bridgehead atoms. The summed E-state index contributed by atoms with van der Waals surface area (Å²) < 4.78 is 16.9. The van der Waals surface area contributed by atoms with E-state index in [1.807, 2.05) is 31.2 Å². The first-order chi connectivity index (χ1) is 17.0. The molecule has 1 N–H and O–H groups in total. The molecule has 0 spiro atoms. The number of hydrogen-bond acceptors (Lipinski definition) is 6. The third-order valence-electron chi connectivity index (χ3n) is 6.06. The molecule has 0 unspecified atom stereocenters. The van der Waals surface area contributed by atoms with Gasteiger partial charge >= 0.3 is 0 Å². The second-order valence-electron chi connectivity index (χ2n) is 8.90.